The lowest BCUT2D eigenvalue weighted by Gasteiger charge is -2.61. The van der Waals surface area contributed by atoms with Gasteiger partial charge in [-0.05, 0) is 46.0 Å². The van der Waals surface area contributed by atoms with Crippen molar-refractivity contribution in [3.63, 3.8) is 0 Å². The molecule has 0 aromatic heterocycles. The summed E-state index contributed by atoms with van der Waals surface area (Å²) in [7, 11) is 0. The molecule has 1 amide bonds. The minimum atomic E-state index is -0.963. The summed E-state index contributed by atoms with van der Waals surface area (Å²) in [6.07, 6.45) is 3.44. The highest BCUT2D eigenvalue weighted by molar-refractivity contribution is 5.69. The number of rotatable bonds is 1. The summed E-state index contributed by atoms with van der Waals surface area (Å²) in [6, 6.07) is -0.162. The van der Waals surface area contributed by atoms with Crippen molar-refractivity contribution < 1.29 is 19.4 Å². The molecule has 23 heavy (non-hydrogen) atoms. The van der Waals surface area contributed by atoms with Crippen LogP contribution in [0, 0.1) is 5.92 Å². The molecule has 3 aliphatic heterocycles. The number of aliphatic hydroxyl groups is 1. The van der Waals surface area contributed by atoms with Crippen molar-refractivity contribution in [3.8, 4) is 0 Å². The minimum Gasteiger partial charge on any atom is -0.444 e. The Morgan fingerprint density at radius 2 is 1.96 bits per heavy atom. The number of hydrogen-bond acceptors (Lipinski definition) is 5. The summed E-state index contributed by atoms with van der Waals surface area (Å²) in [4.78, 5) is 14.4. The van der Waals surface area contributed by atoms with Crippen molar-refractivity contribution in [2.75, 3.05) is 19.8 Å². The molecule has 6 nitrogen and oxygen atoms in total. The SMILES string of the molecule is CC(C)(C)OC(=O)N1CC2CCC1C(N)(C1(O)CCOCC1)C2. The second-order valence-electron chi connectivity index (χ2n) is 8.48. The number of carbonyl (C=O) groups excluding carboxylic acids is 1. The molecule has 6 heteroatoms. The number of fused-ring (bicyclic) bond motifs is 3. The maximum absolute atomic E-state index is 12.6. The lowest BCUT2D eigenvalue weighted by molar-refractivity contribution is -0.162. The first kappa shape index (κ1) is 17.0. The van der Waals surface area contributed by atoms with E-state index in [0.717, 1.165) is 19.3 Å². The highest BCUT2D eigenvalue weighted by atomic mass is 16.6. The molecular weight excluding hydrogens is 296 g/mol. The molecule has 0 aromatic rings. The van der Waals surface area contributed by atoms with Gasteiger partial charge in [-0.2, -0.15) is 0 Å². The Labute approximate surface area is 138 Å². The predicted molar refractivity (Wildman–Crippen MR) is 86.0 cm³/mol. The molecule has 132 valence electrons. The second-order valence-corrected chi connectivity index (χ2v) is 8.48. The zero-order valence-electron chi connectivity index (χ0n) is 14.5. The summed E-state index contributed by atoms with van der Waals surface area (Å²) in [5, 5.41) is 11.2. The predicted octanol–water partition coefficient (Wildman–Crippen LogP) is 1.64. The van der Waals surface area contributed by atoms with Gasteiger partial charge in [0.1, 0.15) is 5.60 Å². The van der Waals surface area contributed by atoms with Crippen molar-refractivity contribution in [1.82, 2.24) is 4.90 Å². The first-order valence-electron chi connectivity index (χ1n) is 8.73. The summed E-state index contributed by atoms with van der Waals surface area (Å²) >= 11 is 0. The average molecular weight is 326 g/mol. The Bertz CT molecular complexity index is 470. The van der Waals surface area contributed by atoms with Gasteiger partial charge in [0, 0.05) is 32.6 Å². The van der Waals surface area contributed by atoms with Gasteiger partial charge in [0.05, 0.1) is 17.2 Å². The lowest BCUT2D eigenvalue weighted by Crippen LogP contribution is -2.77. The highest BCUT2D eigenvalue weighted by Gasteiger charge is 2.60. The third kappa shape index (κ3) is 2.96. The number of ether oxygens (including phenoxy) is 2. The monoisotopic (exact) mass is 326 g/mol. The van der Waals surface area contributed by atoms with Gasteiger partial charge in [-0.25, -0.2) is 4.79 Å². The largest absolute Gasteiger partial charge is 0.444 e. The van der Waals surface area contributed by atoms with Crippen molar-refractivity contribution in [2.24, 2.45) is 11.7 Å². The fourth-order valence-corrected chi connectivity index (χ4v) is 4.56. The summed E-state index contributed by atoms with van der Waals surface area (Å²) in [5.41, 5.74) is 4.53. The second kappa shape index (κ2) is 5.60. The van der Waals surface area contributed by atoms with Crippen LogP contribution in [-0.4, -0.2) is 58.6 Å². The van der Waals surface area contributed by atoms with Crippen LogP contribution in [-0.2, 0) is 9.47 Å². The van der Waals surface area contributed by atoms with E-state index in [4.69, 9.17) is 15.2 Å². The summed E-state index contributed by atoms with van der Waals surface area (Å²) < 4.78 is 11.0. The molecule has 0 aromatic carbocycles. The summed E-state index contributed by atoms with van der Waals surface area (Å²) in [5.74, 6) is 0.337. The number of amides is 1. The van der Waals surface area contributed by atoms with E-state index in [1.165, 1.54) is 0 Å². The molecule has 0 spiro atoms. The molecule has 4 aliphatic rings. The number of carbonyl (C=O) groups is 1. The maximum Gasteiger partial charge on any atom is 0.410 e. The van der Waals surface area contributed by atoms with E-state index < -0.39 is 16.7 Å². The Hall–Kier alpha value is -0.850. The van der Waals surface area contributed by atoms with Gasteiger partial charge in [-0.15, -0.1) is 0 Å². The van der Waals surface area contributed by atoms with E-state index in [0.29, 0.717) is 38.5 Å². The van der Waals surface area contributed by atoms with Gasteiger partial charge in [0.2, 0.25) is 0 Å². The van der Waals surface area contributed by atoms with Crippen molar-refractivity contribution in [3.05, 3.63) is 0 Å². The Morgan fingerprint density at radius 3 is 2.52 bits per heavy atom. The molecule has 0 radical (unpaired) electrons. The number of nitrogens with two attached hydrogens (primary N) is 1. The van der Waals surface area contributed by atoms with Gasteiger partial charge in [0.25, 0.3) is 0 Å². The van der Waals surface area contributed by atoms with Crippen molar-refractivity contribution in [2.45, 2.75) is 75.7 Å². The third-order valence-electron chi connectivity index (χ3n) is 5.71. The van der Waals surface area contributed by atoms with E-state index in [1.807, 2.05) is 20.8 Å². The normalized spacial score (nSPS) is 36.8. The molecule has 4 fully saturated rings. The molecule has 3 heterocycles. The van der Waals surface area contributed by atoms with Crippen LogP contribution < -0.4 is 5.73 Å². The van der Waals surface area contributed by atoms with Gasteiger partial charge in [-0.3, -0.25) is 0 Å². The highest BCUT2D eigenvalue weighted by Crippen LogP contribution is 2.48. The fraction of sp³-hybridized carbons (Fsp3) is 0.941. The number of piperidine rings is 2. The quantitative estimate of drug-likeness (QED) is 0.765. The van der Waals surface area contributed by atoms with E-state index in [1.54, 1.807) is 4.90 Å². The lowest BCUT2D eigenvalue weighted by atomic mass is 9.59. The smallest absolute Gasteiger partial charge is 0.410 e. The zero-order chi connectivity index (χ0) is 16.9. The molecule has 3 saturated heterocycles. The van der Waals surface area contributed by atoms with Crippen molar-refractivity contribution in [1.29, 1.82) is 0 Å². The van der Waals surface area contributed by atoms with Crippen LogP contribution in [0.5, 0.6) is 0 Å². The Kier molecular flexibility index (Phi) is 4.14. The van der Waals surface area contributed by atoms with Crippen LogP contribution in [0.4, 0.5) is 4.79 Å². The van der Waals surface area contributed by atoms with E-state index in [9.17, 15) is 9.90 Å². The molecule has 1 saturated carbocycles. The first-order valence-corrected chi connectivity index (χ1v) is 8.73. The van der Waals surface area contributed by atoms with E-state index in [2.05, 4.69) is 0 Å². The average Bonchev–Trinajstić information content (AvgIpc) is 2.46. The van der Waals surface area contributed by atoms with Crippen LogP contribution in [0.1, 0.15) is 52.9 Å². The van der Waals surface area contributed by atoms with Gasteiger partial charge < -0.3 is 25.2 Å². The van der Waals surface area contributed by atoms with Gasteiger partial charge >= 0.3 is 6.09 Å². The molecule has 4 rings (SSSR count). The Morgan fingerprint density at radius 1 is 1.30 bits per heavy atom. The Balaban J connectivity index is 1.84. The number of nitrogens with zero attached hydrogens (tertiary/aromatic N) is 1. The van der Waals surface area contributed by atoms with Crippen LogP contribution in [0.2, 0.25) is 0 Å². The number of hydrogen-bond donors (Lipinski definition) is 2. The maximum atomic E-state index is 12.6. The molecule has 3 N–H and O–H groups in total. The molecule has 2 bridgehead atoms. The van der Waals surface area contributed by atoms with E-state index in [-0.39, 0.29) is 12.1 Å². The fourth-order valence-electron chi connectivity index (χ4n) is 4.56. The van der Waals surface area contributed by atoms with Crippen molar-refractivity contribution >= 4 is 6.09 Å². The first-order chi connectivity index (χ1) is 10.6. The molecular formula is C17H30N2O4. The summed E-state index contributed by atoms with van der Waals surface area (Å²) in [6.45, 7) is 7.35. The van der Waals surface area contributed by atoms with Crippen LogP contribution in [0.3, 0.4) is 0 Å². The zero-order valence-corrected chi connectivity index (χ0v) is 14.5. The molecule has 3 atom stereocenters. The van der Waals surface area contributed by atoms with Crippen LogP contribution in [0.25, 0.3) is 0 Å². The van der Waals surface area contributed by atoms with Gasteiger partial charge in [-0.1, -0.05) is 0 Å². The van der Waals surface area contributed by atoms with Crippen LogP contribution in [0.15, 0.2) is 0 Å². The minimum absolute atomic E-state index is 0.162. The van der Waals surface area contributed by atoms with Gasteiger partial charge in [0.15, 0.2) is 0 Å². The third-order valence-corrected chi connectivity index (χ3v) is 5.71. The van der Waals surface area contributed by atoms with Crippen LogP contribution >= 0.6 is 0 Å². The van der Waals surface area contributed by atoms with E-state index >= 15 is 0 Å². The standard InChI is InChI=1S/C17H30N2O4/c1-15(2,3)23-14(20)19-11-12-4-5-13(19)17(18,10-12)16(21)6-8-22-9-7-16/h12-13,21H,4-11,18H2,1-3H3. The molecule has 1 aliphatic carbocycles. The topological polar surface area (TPSA) is 85.0 Å². The molecule has 3 unspecified atom stereocenters.